The van der Waals surface area contributed by atoms with Crippen molar-refractivity contribution in [1.82, 2.24) is 9.78 Å². The van der Waals surface area contributed by atoms with Gasteiger partial charge in [0.15, 0.2) is 11.4 Å². The minimum Gasteiger partial charge on any atom is -0.476 e. The number of ether oxygens (including phenoxy) is 1. The van der Waals surface area contributed by atoms with Gasteiger partial charge in [0.1, 0.15) is 5.75 Å². The Labute approximate surface area is 133 Å². The minimum absolute atomic E-state index is 0.0390. The van der Waals surface area contributed by atoms with Crippen LogP contribution in [0.4, 0.5) is 0 Å². The average molecular weight is 308 g/mol. The molecule has 0 saturated carbocycles. The first-order valence-electron chi connectivity index (χ1n) is 7.21. The molecule has 0 aliphatic rings. The number of aromatic carboxylic acids is 1. The molecule has 0 amide bonds. The maximum Gasteiger partial charge on any atom is 0.358 e. The van der Waals surface area contributed by atoms with Gasteiger partial charge in [-0.05, 0) is 30.2 Å². The second kappa shape index (κ2) is 6.36. The topological polar surface area (TPSA) is 64.4 Å². The Morgan fingerprint density at radius 2 is 1.83 bits per heavy atom. The van der Waals surface area contributed by atoms with Crippen LogP contribution in [0, 0.1) is 6.92 Å². The predicted molar refractivity (Wildman–Crippen MR) is 86.0 cm³/mol. The number of carbonyl (C=O) groups is 1. The molecule has 5 heteroatoms. The van der Waals surface area contributed by atoms with E-state index < -0.39 is 5.97 Å². The first kappa shape index (κ1) is 14.8. The van der Waals surface area contributed by atoms with E-state index in [2.05, 4.69) is 5.10 Å². The number of hydrogen-bond donors (Lipinski definition) is 1. The summed E-state index contributed by atoms with van der Waals surface area (Å²) in [6.07, 6.45) is 1.44. The lowest BCUT2D eigenvalue weighted by Gasteiger charge is -2.09. The van der Waals surface area contributed by atoms with Crippen molar-refractivity contribution in [2.75, 3.05) is 0 Å². The molecule has 2 aromatic carbocycles. The fourth-order valence-electron chi connectivity index (χ4n) is 2.34. The van der Waals surface area contributed by atoms with Crippen molar-refractivity contribution in [3.63, 3.8) is 0 Å². The summed E-state index contributed by atoms with van der Waals surface area (Å²) >= 11 is 0. The molecule has 0 unspecified atom stereocenters. The lowest BCUT2D eigenvalue weighted by molar-refractivity contribution is 0.0681. The van der Waals surface area contributed by atoms with Gasteiger partial charge < -0.3 is 9.84 Å². The van der Waals surface area contributed by atoms with E-state index in [1.807, 2.05) is 49.4 Å². The second-order valence-corrected chi connectivity index (χ2v) is 5.16. The van der Waals surface area contributed by atoms with Crippen LogP contribution in [-0.4, -0.2) is 20.9 Å². The first-order chi connectivity index (χ1) is 11.1. The van der Waals surface area contributed by atoms with Gasteiger partial charge in [-0.15, -0.1) is 0 Å². The van der Waals surface area contributed by atoms with E-state index in [0.29, 0.717) is 12.3 Å². The number of aryl methyl sites for hydroxylation is 1. The van der Waals surface area contributed by atoms with Crippen molar-refractivity contribution in [2.45, 2.75) is 13.5 Å². The second-order valence-electron chi connectivity index (χ2n) is 5.16. The van der Waals surface area contributed by atoms with E-state index in [1.54, 1.807) is 12.1 Å². The normalized spacial score (nSPS) is 10.5. The van der Waals surface area contributed by atoms with Gasteiger partial charge in [-0.3, -0.25) is 4.68 Å². The molecule has 0 bridgehead atoms. The third-order valence-corrected chi connectivity index (χ3v) is 3.56. The van der Waals surface area contributed by atoms with E-state index in [4.69, 9.17) is 4.74 Å². The lowest BCUT2D eigenvalue weighted by Crippen LogP contribution is -2.12. The van der Waals surface area contributed by atoms with Crippen LogP contribution >= 0.6 is 0 Å². The number of carboxylic acids is 1. The largest absolute Gasteiger partial charge is 0.476 e. The Kier molecular flexibility index (Phi) is 4.10. The van der Waals surface area contributed by atoms with Crippen molar-refractivity contribution in [2.24, 2.45) is 0 Å². The molecule has 1 aromatic heterocycles. The highest BCUT2D eigenvalue weighted by Crippen LogP contribution is 2.25. The molecule has 0 atom stereocenters. The maximum atomic E-state index is 11.6. The van der Waals surface area contributed by atoms with Crippen LogP contribution in [-0.2, 0) is 6.54 Å². The maximum absolute atomic E-state index is 11.6. The van der Waals surface area contributed by atoms with Crippen molar-refractivity contribution in [1.29, 1.82) is 0 Å². The molecule has 3 aromatic rings. The van der Waals surface area contributed by atoms with Gasteiger partial charge in [-0.2, -0.15) is 5.10 Å². The average Bonchev–Trinajstić information content (AvgIpc) is 2.93. The molecule has 23 heavy (non-hydrogen) atoms. The van der Waals surface area contributed by atoms with E-state index in [9.17, 15) is 9.90 Å². The van der Waals surface area contributed by atoms with Gasteiger partial charge >= 0.3 is 5.97 Å². The molecule has 5 nitrogen and oxygen atoms in total. The fraction of sp³-hybridized carbons (Fsp3) is 0.111. The Morgan fingerprint density at radius 3 is 2.52 bits per heavy atom. The van der Waals surface area contributed by atoms with Gasteiger partial charge in [0.2, 0.25) is 0 Å². The van der Waals surface area contributed by atoms with E-state index in [0.717, 1.165) is 11.1 Å². The van der Waals surface area contributed by atoms with Crippen molar-refractivity contribution in [3.8, 4) is 11.5 Å². The highest BCUT2D eigenvalue weighted by atomic mass is 16.5. The van der Waals surface area contributed by atoms with Crippen molar-refractivity contribution >= 4 is 5.97 Å². The van der Waals surface area contributed by atoms with Gasteiger partial charge in [0.05, 0.1) is 12.7 Å². The van der Waals surface area contributed by atoms with Crippen LogP contribution in [0.3, 0.4) is 0 Å². The Hall–Kier alpha value is -3.08. The smallest absolute Gasteiger partial charge is 0.358 e. The number of carboxylic acid groups (broad SMARTS) is 1. The van der Waals surface area contributed by atoms with Crippen LogP contribution in [0.15, 0.2) is 60.8 Å². The molecule has 0 radical (unpaired) electrons. The van der Waals surface area contributed by atoms with Crippen LogP contribution in [0.2, 0.25) is 0 Å². The Bertz CT molecular complexity index is 825. The van der Waals surface area contributed by atoms with Gasteiger partial charge in [-0.25, -0.2) is 4.79 Å². The van der Waals surface area contributed by atoms with Crippen LogP contribution in [0.25, 0.3) is 0 Å². The predicted octanol–water partition coefficient (Wildman–Crippen LogP) is 3.73. The number of rotatable bonds is 5. The number of aromatic nitrogens is 2. The molecule has 0 aliphatic carbocycles. The molecule has 0 aliphatic heterocycles. The number of hydrogen-bond acceptors (Lipinski definition) is 3. The zero-order valence-electron chi connectivity index (χ0n) is 12.6. The molecule has 0 saturated heterocycles. The minimum atomic E-state index is -1.07. The highest BCUT2D eigenvalue weighted by molar-refractivity contribution is 5.89. The zero-order chi connectivity index (χ0) is 16.2. The number of para-hydroxylation sites is 1. The third kappa shape index (κ3) is 3.23. The van der Waals surface area contributed by atoms with Gasteiger partial charge in [0.25, 0.3) is 0 Å². The van der Waals surface area contributed by atoms with E-state index in [-0.39, 0.29) is 11.4 Å². The summed E-state index contributed by atoms with van der Waals surface area (Å²) in [6.45, 7) is 2.37. The van der Waals surface area contributed by atoms with Gasteiger partial charge in [-0.1, -0.05) is 42.5 Å². The Morgan fingerprint density at radius 1 is 1.13 bits per heavy atom. The van der Waals surface area contributed by atoms with Crippen molar-refractivity contribution in [3.05, 3.63) is 77.6 Å². The number of benzene rings is 2. The standard InChI is InChI=1S/C18H16N2O3/c1-13-7-5-6-8-14(13)12-20-17(18(21)22)16(11-19-20)23-15-9-3-2-4-10-15/h2-11H,12H2,1H3,(H,21,22). The Balaban J connectivity index is 1.93. The molecule has 3 rings (SSSR count). The quantitative estimate of drug-likeness (QED) is 0.780. The number of nitrogens with zero attached hydrogens (tertiary/aromatic N) is 2. The summed E-state index contributed by atoms with van der Waals surface area (Å²) in [7, 11) is 0. The van der Waals surface area contributed by atoms with Crippen LogP contribution in [0.5, 0.6) is 11.5 Å². The highest BCUT2D eigenvalue weighted by Gasteiger charge is 2.20. The molecule has 1 heterocycles. The van der Waals surface area contributed by atoms with E-state index >= 15 is 0 Å². The van der Waals surface area contributed by atoms with Crippen LogP contribution < -0.4 is 4.74 Å². The molecular formula is C18H16N2O3. The summed E-state index contributed by atoms with van der Waals surface area (Å²) in [4.78, 5) is 11.6. The van der Waals surface area contributed by atoms with E-state index in [1.165, 1.54) is 10.9 Å². The summed E-state index contributed by atoms with van der Waals surface area (Å²) in [5, 5.41) is 13.7. The molecule has 0 fully saturated rings. The zero-order valence-corrected chi connectivity index (χ0v) is 12.6. The SMILES string of the molecule is Cc1ccccc1Cn1ncc(Oc2ccccc2)c1C(=O)O. The summed E-state index contributed by atoms with van der Waals surface area (Å²) in [5.41, 5.74) is 2.14. The molecule has 116 valence electrons. The monoisotopic (exact) mass is 308 g/mol. The summed E-state index contributed by atoms with van der Waals surface area (Å²) in [5.74, 6) is -0.259. The fourth-order valence-corrected chi connectivity index (χ4v) is 2.34. The summed E-state index contributed by atoms with van der Waals surface area (Å²) < 4.78 is 7.10. The van der Waals surface area contributed by atoms with Crippen molar-refractivity contribution < 1.29 is 14.6 Å². The molecule has 0 spiro atoms. The third-order valence-electron chi connectivity index (χ3n) is 3.56. The summed E-state index contributed by atoms with van der Waals surface area (Å²) in [6, 6.07) is 16.9. The lowest BCUT2D eigenvalue weighted by atomic mass is 10.1. The van der Waals surface area contributed by atoms with Crippen LogP contribution in [0.1, 0.15) is 21.6 Å². The van der Waals surface area contributed by atoms with Gasteiger partial charge in [0, 0.05) is 0 Å². The molecular weight excluding hydrogens is 292 g/mol. The first-order valence-corrected chi connectivity index (χ1v) is 7.21. The molecule has 1 N–H and O–H groups in total.